The average Bonchev–Trinajstić information content (AvgIpc) is 2.59. The summed E-state index contributed by atoms with van der Waals surface area (Å²) >= 11 is 0. The largest absolute Gasteiger partial charge is 0.522 e. The van der Waals surface area contributed by atoms with Gasteiger partial charge in [-0.05, 0) is 26.8 Å². The summed E-state index contributed by atoms with van der Waals surface area (Å²) in [7, 11) is 0. The molecule has 2 saturated heterocycles. The smallest absolute Gasteiger partial charge is 0.316 e. The molecule has 0 radical (unpaired) electrons. The summed E-state index contributed by atoms with van der Waals surface area (Å²) in [6.07, 6.45) is -4.22. The van der Waals surface area contributed by atoms with E-state index in [0.29, 0.717) is 5.41 Å². The van der Waals surface area contributed by atoms with Crippen LogP contribution in [0.25, 0.3) is 0 Å². The number of nitrogens with zero attached hydrogens (tertiary/aromatic N) is 1. The lowest BCUT2D eigenvalue weighted by atomic mass is 9.78. The molecule has 2 atom stereocenters. The lowest BCUT2D eigenvalue weighted by Gasteiger charge is -2.51. The first-order valence-electron chi connectivity index (χ1n) is 6.01. The number of rotatable bonds is 3. The maximum Gasteiger partial charge on any atom is 0.522 e. The Hall–Kier alpha value is -0.330. The molecule has 3 nitrogen and oxygen atoms in total. The number of halogens is 3. The van der Waals surface area contributed by atoms with E-state index in [1.807, 2.05) is 0 Å². The van der Waals surface area contributed by atoms with E-state index in [1.54, 1.807) is 6.92 Å². The van der Waals surface area contributed by atoms with Crippen LogP contribution in [0.4, 0.5) is 13.2 Å². The molecule has 1 spiro atoms. The summed E-state index contributed by atoms with van der Waals surface area (Å²) < 4.78 is 40.3. The van der Waals surface area contributed by atoms with E-state index in [1.165, 1.54) is 6.92 Å². The van der Waals surface area contributed by atoms with E-state index < -0.39 is 12.5 Å². The van der Waals surface area contributed by atoms with Crippen LogP contribution in [-0.2, 0) is 4.74 Å². The Morgan fingerprint density at radius 2 is 1.94 bits per heavy atom. The Labute approximate surface area is 99.3 Å². The number of ether oxygens (including phenoxy) is 1. The monoisotopic (exact) mass is 252 g/mol. The SMILES string of the molecule is CC([C@H](C)OC(F)(F)F)N1CC2(CCNC2)C1. The van der Waals surface area contributed by atoms with E-state index >= 15 is 0 Å². The van der Waals surface area contributed by atoms with Crippen LogP contribution in [0.15, 0.2) is 0 Å². The third-order valence-corrected chi connectivity index (χ3v) is 3.98. The van der Waals surface area contributed by atoms with E-state index in [4.69, 9.17) is 0 Å². The molecule has 2 fully saturated rings. The molecule has 0 aromatic carbocycles. The van der Waals surface area contributed by atoms with E-state index in [0.717, 1.165) is 32.6 Å². The van der Waals surface area contributed by atoms with Gasteiger partial charge in [0, 0.05) is 31.1 Å². The van der Waals surface area contributed by atoms with Crippen molar-refractivity contribution < 1.29 is 17.9 Å². The van der Waals surface area contributed by atoms with E-state index in [-0.39, 0.29) is 6.04 Å². The minimum atomic E-state index is -4.54. The van der Waals surface area contributed by atoms with Crippen molar-refractivity contribution in [2.45, 2.75) is 38.8 Å². The van der Waals surface area contributed by atoms with Crippen LogP contribution in [0, 0.1) is 5.41 Å². The van der Waals surface area contributed by atoms with Gasteiger partial charge in [0.05, 0.1) is 6.10 Å². The van der Waals surface area contributed by atoms with Crippen molar-refractivity contribution in [2.24, 2.45) is 5.41 Å². The van der Waals surface area contributed by atoms with Gasteiger partial charge in [0.15, 0.2) is 0 Å². The van der Waals surface area contributed by atoms with Crippen LogP contribution >= 0.6 is 0 Å². The molecule has 6 heteroatoms. The quantitative estimate of drug-likeness (QED) is 0.825. The van der Waals surface area contributed by atoms with Gasteiger partial charge in [0.2, 0.25) is 0 Å². The number of alkyl halides is 3. The average molecular weight is 252 g/mol. The van der Waals surface area contributed by atoms with E-state index in [2.05, 4.69) is 15.0 Å². The second-order valence-corrected chi connectivity index (χ2v) is 5.34. The third-order valence-electron chi connectivity index (χ3n) is 3.98. The van der Waals surface area contributed by atoms with Gasteiger partial charge in [-0.15, -0.1) is 13.2 Å². The zero-order valence-corrected chi connectivity index (χ0v) is 10.2. The number of hydrogen-bond donors (Lipinski definition) is 1. The molecule has 17 heavy (non-hydrogen) atoms. The maximum atomic E-state index is 12.1. The summed E-state index contributed by atoms with van der Waals surface area (Å²) in [5, 5.41) is 3.30. The highest BCUT2D eigenvalue weighted by molar-refractivity contribution is 5.02. The van der Waals surface area contributed by atoms with E-state index in [9.17, 15) is 13.2 Å². The van der Waals surface area contributed by atoms with Crippen LogP contribution in [-0.4, -0.2) is 49.6 Å². The van der Waals surface area contributed by atoms with Crippen LogP contribution in [0.1, 0.15) is 20.3 Å². The second-order valence-electron chi connectivity index (χ2n) is 5.34. The highest BCUT2D eigenvalue weighted by Gasteiger charge is 2.47. The van der Waals surface area contributed by atoms with Crippen molar-refractivity contribution in [2.75, 3.05) is 26.2 Å². The summed E-state index contributed by atoms with van der Waals surface area (Å²) in [6.45, 7) is 7.06. The Bertz CT molecular complexity index is 268. The Morgan fingerprint density at radius 3 is 2.41 bits per heavy atom. The standard InChI is InChI=1S/C11H19F3N2O/c1-8(9(2)17-11(12,13)14)16-6-10(7-16)3-4-15-5-10/h8-9,15H,3-7H2,1-2H3/t8?,9-/m0/s1. The van der Waals surface area contributed by atoms with Crippen LogP contribution in [0.5, 0.6) is 0 Å². The third kappa shape index (κ3) is 2.92. The highest BCUT2D eigenvalue weighted by atomic mass is 19.4. The Kier molecular flexibility index (Phi) is 3.40. The Morgan fingerprint density at radius 1 is 1.29 bits per heavy atom. The van der Waals surface area contributed by atoms with Crippen molar-refractivity contribution in [3.8, 4) is 0 Å². The summed E-state index contributed by atoms with van der Waals surface area (Å²) in [4.78, 5) is 2.07. The molecular weight excluding hydrogens is 233 g/mol. The van der Waals surface area contributed by atoms with Crippen LogP contribution < -0.4 is 5.32 Å². The van der Waals surface area contributed by atoms with Gasteiger partial charge in [-0.1, -0.05) is 0 Å². The molecule has 0 aromatic heterocycles. The minimum Gasteiger partial charge on any atom is -0.316 e. The normalized spacial score (nSPS) is 28.1. The predicted octanol–water partition coefficient (Wildman–Crippen LogP) is 1.60. The van der Waals surface area contributed by atoms with Crippen molar-refractivity contribution in [1.29, 1.82) is 0 Å². The van der Waals surface area contributed by atoms with Crippen LogP contribution in [0.3, 0.4) is 0 Å². The summed E-state index contributed by atoms with van der Waals surface area (Å²) in [5.41, 5.74) is 0.312. The van der Waals surface area contributed by atoms with Gasteiger partial charge in [-0.3, -0.25) is 9.64 Å². The van der Waals surface area contributed by atoms with Gasteiger partial charge in [0.1, 0.15) is 0 Å². The lowest BCUT2D eigenvalue weighted by Crippen LogP contribution is -2.62. The molecule has 0 saturated carbocycles. The molecule has 2 aliphatic rings. The fraction of sp³-hybridized carbons (Fsp3) is 1.00. The second kappa shape index (κ2) is 4.40. The number of nitrogens with one attached hydrogen (secondary N) is 1. The van der Waals surface area contributed by atoms with Gasteiger partial charge in [0.25, 0.3) is 0 Å². The molecule has 0 amide bonds. The fourth-order valence-corrected chi connectivity index (χ4v) is 2.77. The van der Waals surface area contributed by atoms with Crippen molar-refractivity contribution >= 4 is 0 Å². The highest BCUT2D eigenvalue weighted by Crippen LogP contribution is 2.38. The molecule has 2 rings (SSSR count). The van der Waals surface area contributed by atoms with Gasteiger partial charge >= 0.3 is 6.36 Å². The fourth-order valence-electron chi connectivity index (χ4n) is 2.77. The molecule has 0 aromatic rings. The van der Waals surface area contributed by atoms with Crippen molar-refractivity contribution in [1.82, 2.24) is 10.2 Å². The maximum absolute atomic E-state index is 12.1. The topological polar surface area (TPSA) is 24.5 Å². The summed E-state index contributed by atoms with van der Waals surface area (Å²) in [5.74, 6) is 0. The zero-order chi connectivity index (χ0) is 12.7. The molecule has 2 heterocycles. The van der Waals surface area contributed by atoms with Gasteiger partial charge in [-0.25, -0.2) is 0 Å². The molecule has 100 valence electrons. The Balaban J connectivity index is 1.80. The van der Waals surface area contributed by atoms with Gasteiger partial charge in [-0.2, -0.15) is 0 Å². The van der Waals surface area contributed by atoms with Crippen molar-refractivity contribution in [3.63, 3.8) is 0 Å². The first kappa shape index (κ1) is 13.1. The molecular formula is C11H19F3N2O. The first-order valence-corrected chi connectivity index (χ1v) is 6.01. The number of likely N-dealkylation sites (tertiary alicyclic amines) is 1. The predicted molar refractivity (Wildman–Crippen MR) is 57.6 cm³/mol. The molecule has 1 N–H and O–H groups in total. The lowest BCUT2D eigenvalue weighted by molar-refractivity contribution is -0.346. The molecule has 1 unspecified atom stereocenters. The minimum absolute atomic E-state index is 0.192. The van der Waals surface area contributed by atoms with Crippen LogP contribution in [0.2, 0.25) is 0 Å². The first-order chi connectivity index (χ1) is 7.81. The molecule has 0 bridgehead atoms. The molecule has 2 aliphatic heterocycles. The van der Waals surface area contributed by atoms with Crippen molar-refractivity contribution in [3.05, 3.63) is 0 Å². The zero-order valence-electron chi connectivity index (χ0n) is 10.2. The number of hydrogen-bond acceptors (Lipinski definition) is 3. The molecule has 0 aliphatic carbocycles. The summed E-state index contributed by atoms with van der Waals surface area (Å²) in [6, 6.07) is -0.192. The van der Waals surface area contributed by atoms with Gasteiger partial charge < -0.3 is 5.32 Å².